The second-order valence-corrected chi connectivity index (χ2v) is 25.6. The molecule has 0 aromatic heterocycles. The number of hydrogen-bond acceptors (Lipinski definition) is 12. The molecule has 0 spiro atoms. The molecule has 0 unspecified atom stereocenters. The molecule has 7 rings (SSSR count). The van der Waals surface area contributed by atoms with Crippen LogP contribution in [-0.4, -0.2) is 80.5 Å². The van der Waals surface area contributed by atoms with Crippen LogP contribution in [0.15, 0.2) is 213 Å². The molecule has 20 heteroatoms. The zero-order valence-electron chi connectivity index (χ0n) is 44.0. The van der Waals surface area contributed by atoms with Gasteiger partial charge in [0.1, 0.15) is 0 Å². The van der Waals surface area contributed by atoms with Gasteiger partial charge in [-0.15, -0.1) is 0 Å². The summed E-state index contributed by atoms with van der Waals surface area (Å²) in [5.74, 6) is -2.10. The summed E-state index contributed by atoms with van der Waals surface area (Å²) in [6, 6.07) is 35.5. The average molecular weight is 1130 g/mol. The Balaban J connectivity index is 1.66. The van der Waals surface area contributed by atoms with Gasteiger partial charge in [0.05, 0.1) is 92.9 Å². The molecule has 0 radical (unpaired) electrons. The van der Waals surface area contributed by atoms with Gasteiger partial charge in [0.25, 0.3) is 40.1 Å². The van der Waals surface area contributed by atoms with E-state index in [-0.39, 0.29) is 55.3 Å². The number of carbonyl (C=O) groups is 2. The number of benzene rings is 6. The molecule has 16 nitrogen and oxygen atoms in total. The number of hydrogen-bond donors (Lipinski definition) is 0. The van der Waals surface area contributed by atoms with Crippen LogP contribution >= 0.6 is 0 Å². The number of esters is 2. The van der Waals surface area contributed by atoms with Crippen LogP contribution in [0.3, 0.4) is 0 Å². The van der Waals surface area contributed by atoms with Gasteiger partial charge in [0.2, 0.25) is 0 Å². The molecule has 0 N–H and O–H groups in total. The van der Waals surface area contributed by atoms with E-state index in [4.69, 9.17) is 9.47 Å². The Morgan fingerprint density at radius 1 is 0.410 bits per heavy atom. The Bertz CT molecular complexity index is 3540. The number of para-hydroxylation sites is 2. The lowest BCUT2D eigenvalue weighted by Crippen LogP contribution is -2.38. The Kier molecular flexibility index (Phi) is 17.7. The number of ether oxygens (including phenoxy) is 2. The SMILES string of the molecule is C=C(C(=O)OCC)/C1=C/CN(S(=O)(=O)c2ccc(C)cc2)c2ccccc2CN(S(=O)(=O)c2ccc(C)cc2)/C(C(=C)C(=O)OCC)=C\CN(S(=O)(=O)c2ccc(C)cc2)c2ccccc2CN1S(=O)(=O)c1ccc(C)cc1. The number of rotatable bonds is 14. The first-order chi connectivity index (χ1) is 36.9. The van der Waals surface area contributed by atoms with Crippen molar-refractivity contribution >= 4 is 63.4 Å². The molecule has 0 bridgehead atoms. The largest absolute Gasteiger partial charge is 0.462 e. The zero-order valence-corrected chi connectivity index (χ0v) is 47.3. The fraction of sp³-hybridized carbons (Fsp3) is 0.207. The van der Waals surface area contributed by atoms with Gasteiger partial charge >= 0.3 is 11.9 Å². The van der Waals surface area contributed by atoms with Crippen molar-refractivity contribution in [2.75, 3.05) is 34.9 Å². The first kappa shape index (κ1) is 57.9. The van der Waals surface area contributed by atoms with Gasteiger partial charge in [-0.3, -0.25) is 17.2 Å². The van der Waals surface area contributed by atoms with Crippen molar-refractivity contribution < 1.29 is 52.7 Å². The lowest BCUT2D eigenvalue weighted by Gasteiger charge is -2.34. The van der Waals surface area contributed by atoms with Crippen molar-refractivity contribution in [1.82, 2.24) is 8.61 Å². The number of sulfonamides is 4. The zero-order chi connectivity index (χ0) is 56.7. The maximum absolute atomic E-state index is 15.5. The van der Waals surface area contributed by atoms with E-state index < -0.39 is 101 Å². The van der Waals surface area contributed by atoms with E-state index >= 15 is 33.7 Å². The summed E-state index contributed by atoms with van der Waals surface area (Å²) in [5, 5.41) is 0. The highest BCUT2D eigenvalue weighted by Crippen LogP contribution is 2.37. The summed E-state index contributed by atoms with van der Waals surface area (Å²) < 4.78 is 138. The van der Waals surface area contributed by atoms with Gasteiger partial charge in [-0.05, 0) is 125 Å². The van der Waals surface area contributed by atoms with E-state index in [1.165, 1.54) is 111 Å². The topological polar surface area (TPSA) is 202 Å². The van der Waals surface area contributed by atoms with Gasteiger partial charge in [-0.2, -0.15) is 0 Å². The molecule has 1 aliphatic heterocycles. The first-order valence-corrected chi connectivity index (χ1v) is 30.4. The highest BCUT2D eigenvalue weighted by atomic mass is 32.2. The van der Waals surface area contributed by atoms with Crippen LogP contribution in [-0.2, 0) is 72.2 Å². The van der Waals surface area contributed by atoms with E-state index in [9.17, 15) is 9.59 Å². The minimum Gasteiger partial charge on any atom is -0.462 e. The van der Waals surface area contributed by atoms with Crippen molar-refractivity contribution in [2.45, 2.75) is 74.2 Å². The molecule has 1 aliphatic rings. The number of anilines is 2. The summed E-state index contributed by atoms with van der Waals surface area (Å²) >= 11 is 0. The van der Waals surface area contributed by atoms with Gasteiger partial charge in [0, 0.05) is 0 Å². The fourth-order valence-electron chi connectivity index (χ4n) is 8.42. The van der Waals surface area contributed by atoms with Crippen molar-refractivity contribution in [2.24, 2.45) is 0 Å². The number of fused-ring (bicyclic) bond motifs is 2. The Morgan fingerprint density at radius 2 is 0.667 bits per heavy atom. The van der Waals surface area contributed by atoms with E-state index in [2.05, 4.69) is 13.2 Å². The molecule has 6 aromatic carbocycles. The molecular weight excluding hydrogens is 1070 g/mol. The summed E-state index contributed by atoms with van der Waals surface area (Å²) in [7, 11) is -19.1. The van der Waals surface area contributed by atoms with Crippen LogP contribution < -0.4 is 8.61 Å². The monoisotopic (exact) mass is 1130 g/mol. The minimum absolute atomic E-state index is 0.0244. The molecule has 0 saturated carbocycles. The molecule has 0 saturated heterocycles. The fourth-order valence-corrected chi connectivity index (χ4v) is 14.3. The number of aryl methyl sites for hydroxylation is 4. The Morgan fingerprint density at radius 3 is 0.936 bits per heavy atom. The predicted molar refractivity (Wildman–Crippen MR) is 300 cm³/mol. The Hall–Kier alpha value is -7.78. The lowest BCUT2D eigenvalue weighted by atomic mass is 10.1. The van der Waals surface area contributed by atoms with Crippen molar-refractivity contribution in [3.05, 3.63) is 227 Å². The van der Waals surface area contributed by atoms with Gasteiger partial charge in [-0.1, -0.05) is 120 Å². The molecule has 0 amide bonds. The molecule has 78 heavy (non-hydrogen) atoms. The smallest absolute Gasteiger partial charge is 0.339 e. The van der Waals surface area contributed by atoms with Crippen LogP contribution in [0.4, 0.5) is 11.4 Å². The normalized spacial score (nSPS) is 15.4. The highest BCUT2D eigenvalue weighted by Gasteiger charge is 2.37. The quantitative estimate of drug-likeness (QED) is 0.0740. The molecule has 6 aromatic rings. The summed E-state index contributed by atoms with van der Waals surface area (Å²) in [6.07, 6.45) is 2.38. The van der Waals surface area contributed by atoms with Crippen LogP contribution in [0, 0.1) is 27.7 Å². The Labute approximate surface area is 458 Å². The number of nitrogens with zero attached hydrogens (tertiary/aromatic N) is 4. The van der Waals surface area contributed by atoms with E-state index in [1.807, 2.05) is 0 Å². The molecule has 408 valence electrons. The summed E-state index contributed by atoms with van der Waals surface area (Å²) in [4.78, 5) is 27.1. The highest BCUT2D eigenvalue weighted by molar-refractivity contribution is 7.93. The summed E-state index contributed by atoms with van der Waals surface area (Å²) in [6.45, 7) is 14.9. The van der Waals surface area contributed by atoms with Crippen molar-refractivity contribution in [3.63, 3.8) is 0 Å². The molecule has 0 fully saturated rings. The van der Waals surface area contributed by atoms with E-state index in [1.54, 1.807) is 88.4 Å². The van der Waals surface area contributed by atoms with Crippen LogP contribution in [0.2, 0.25) is 0 Å². The maximum Gasteiger partial charge on any atom is 0.339 e. The predicted octanol–water partition coefficient (Wildman–Crippen LogP) is 9.41. The van der Waals surface area contributed by atoms with Gasteiger partial charge in [0.15, 0.2) is 0 Å². The van der Waals surface area contributed by atoms with E-state index in [0.717, 1.165) is 39.5 Å². The third-order valence-corrected chi connectivity index (χ3v) is 19.8. The lowest BCUT2D eigenvalue weighted by molar-refractivity contribution is -0.139. The molecule has 0 atom stereocenters. The van der Waals surface area contributed by atoms with Crippen molar-refractivity contribution in [3.8, 4) is 0 Å². The van der Waals surface area contributed by atoms with E-state index in [0.29, 0.717) is 0 Å². The minimum atomic E-state index is -4.84. The molecule has 1 heterocycles. The van der Waals surface area contributed by atoms with Gasteiger partial charge in [-0.25, -0.2) is 43.3 Å². The first-order valence-electron chi connectivity index (χ1n) is 24.6. The maximum atomic E-state index is 15.5. The van der Waals surface area contributed by atoms with Gasteiger partial charge < -0.3 is 9.47 Å². The average Bonchev–Trinajstić information content (AvgIpc) is 3.47. The van der Waals surface area contributed by atoms with Crippen molar-refractivity contribution in [1.29, 1.82) is 0 Å². The molecular formula is C58H60N4O12S4. The van der Waals surface area contributed by atoms with Crippen LogP contribution in [0.5, 0.6) is 0 Å². The summed E-state index contributed by atoms with van der Waals surface area (Å²) in [5.41, 5.74) is 0.852. The van der Waals surface area contributed by atoms with Crippen LogP contribution in [0.1, 0.15) is 47.2 Å². The third kappa shape index (κ3) is 12.3. The second kappa shape index (κ2) is 23.9. The number of carbonyl (C=O) groups excluding carboxylic acids is 2. The van der Waals surface area contributed by atoms with Crippen LogP contribution in [0.25, 0.3) is 0 Å². The second-order valence-electron chi connectivity index (χ2n) is 18.2. The standard InChI is InChI=1S/C58H60N4O12S4/c1-9-73-57(63)45(7)53-35-37-59(75(65,66)49-27-19-41(3)20-28-49)56-18-14-12-16-48(56)40-62(78(71,72)52-33-25-44(6)26-34-52)54(46(8)58(64)74-10-2)36-38-60(76(67,68)50-29-21-42(4)22-30-50)55-17-13-11-15-47(55)39-61(53)77(69,70)51-31-23-43(5)24-32-51/h11-36H,7-10,37-40H2,1-6H3/b53-35-,54-36-. The third-order valence-electron chi connectivity index (χ3n) is 12.7. The molecule has 0 aliphatic carbocycles.